The number of hydrogen-bond acceptors (Lipinski definition) is 5. The number of carbonyl (C=O) groups is 4. The Morgan fingerprint density at radius 1 is 1.06 bits per heavy atom. The van der Waals surface area contributed by atoms with Crippen molar-refractivity contribution < 1.29 is 28.3 Å². The zero-order valence-corrected chi connectivity index (χ0v) is 18.1. The summed E-state index contributed by atoms with van der Waals surface area (Å²) in [5, 5.41) is 3.46. The van der Waals surface area contributed by atoms with Crippen LogP contribution in [-0.4, -0.2) is 40.8 Å². The second kappa shape index (κ2) is 9.01. The van der Waals surface area contributed by atoms with Crippen LogP contribution in [0.3, 0.4) is 0 Å². The average molecular weight is 453 g/mol. The van der Waals surface area contributed by atoms with E-state index in [1.54, 1.807) is 0 Å². The van der Waals surface area contributed by atoms with E-state index in [1.165, 1.54) is 48.5 Å². The standard InChI is InChI=1S/C24H24FN3O5/c1-15-10-12-24(13-11-15)22(31)28(23(32)26-24)27-20(29)14-33-19-8-4-17(5-9-19)21(30)16-2-6-18(25)7-3-16/h2-9,15H,10-14H2,1H3,(H,26,32)(H,27,29). The number of hydrazine groups is 1. The Bertz CT molecular complexity index is 1080. The van der Waals surface area contributed by atoms with Gasteiger partial charge in [0.15, 0.2) is 12.4 Å². The molecule has 1 spiro atoms. The minimum absolute atomic E-state index is 0.274. The summed E-state index contributed by atoms with van der Waals surface area (Å²) in [7, 11) is 0. The molecule has 1 saturated heterocycles. The van der Waals surface area contributed by atoms with Crippen LogP contribution in [0.5, 0.6) is 5.75 Å². The number of nitrogens with one attached hydrogen (secondary N) is 2. The molecule has 4 rings (SSSR count). The number of amides is 4. The minimum atomic E-state index is -0.940. The quantitative estimate of drug-likeness (QED) is 0.517. The van der Waals surface area contributed by atoms with Crippen molar-refractivity contribution in [1.82, 2.24) is 15.8 Å². The number of imide groups is 1. The Labute approximate surface area is 190 Å². The molecule has 0 aromatic heterocycles. The van der Waals surface area contributed by atoms with Crippen LogP contribution in [0.1, 0.15) is 48.5 Å². The molecule has 2 aliphatic rings. The molecular formula is C24H24FN3O5. The lowest BCUT2D eigenvalue weighted by atomic mass is 9.77. The predicted octanol–water partition coefficient (Wildman–Crippen LogP) is 2.97. The summed E-state index contributed by atoms with van der Waals surface area (Å²) in [6, 6.07) is 10.7. The van der Waals surface area contributed by atoms with Gasteiger partial charge in [0.25, 0.3) is 11.8 Å². The Balaban J connectivity index is 1.31. The van der Waals surface area contributed by atoms with Crippen LogP contribution in [0.15, 0.2) is 48.5 Å². The van der Waals surface area contributed by atoms with Gasteiger partial charge in [-0.05, 0) is 80.1 Å². The fourth-order valence-electron chi connectivity index (χ4n) is 4.09. The van der Waals surface area contributed by atoms with E-state index in [4.69, 9.17) is 4.74 Å². The van der Waals surface area contributed by atoms with E-state index in [-0.39, 0.29) is 5.78 Å². The average Bonchev–Trinajstić information content (AvgIpc) is 3.04. The molecule has 1 aliphatic heterocycles. The van der Waals surface area contributed by atoms with Crippen LogP contribution in [0.25, 0.3) is 0 Å². The fraction of sp³-hybridized carbons (Fsp3) is 0.333. The molecule has 2 fully saturated rings. The second-order valence-electron chi connectivity index (χ2n) is 8.52. The van der Waals surface area contributed by atoms with E-state index in [2.05, 4.69) is 17.7 Å². The molecule has 33 heavy (non-hydrogen) atoms. The largest absolute Gasteiger partial charge is 0.484 e. The lowest BCUT2D eigenvalue weighted by Gasteiger charge is -2.33. The van der Waals surface area contributed by atoms with Crippen molar-refractivity contribution >= 4 is 23.6 Å². The number of rotatable bonds is 6. The summed E-state index contributed by atoms with van der Waals surface area (Å²) in [6.45, 7) is 1.68. The Morgan fingerprint density at radius 3 is 2.24 bits per heavy atom. The monoisotopic (exact) mass is 453 g/mol. The third kappa shape index (κ3) is 4.72. The third-order valence-electron chi connectivity index (χ3n) is 6.12. The summed E-state index contributed by atoms with van der Waals surface area (Å²) >= 11 is 0. The SMILES string of the molecule is CC1CCC2(CC1)NC(=O)N(NC(=O)COc1ccc(C(=O)c3ccc(F)cc3)cc1)C2=O. The van der Waals surface area contributed by atoms with E-state index in [0.717, 1.165) is 17.9 Å². The molecule has 172 valence electrons. The number of hydrogen-bond donors (Lipinski definition) is 2. The maximum absolute atomic E-state index is 13.0. The van der Waals surface area contributed by atoms with E-state index < -0.39 is 35.8 Å². The van der Waals surface area contributed by atoms with Crippen LogP contribution in [0, 0.1) is 11.7 Å². The summed E-state index contributed by atoms with van der Waals surface area (Å²) in [4.78, 5) is 49.8. The van der Waals surface area contributed by atoms with Crippen molar-refractivity contribution in [2.45, 2.75) is 38.1 Å². The first-order valence-corrected chi connectivity index (χ1v) is 10.8. The molecule has 9 heteroatoms. The van der Waals surface area contributed by atoms with Gasteiger partial charge in [0, 0.05) is 11.1 Å². The van der Waals surface area contributed by atoms with Crippen LogP contribution >= 0.6 is 0 Å². The number of urea groups is 1. The highest BCUT2D eigenvalue weighted by Crippen LogP contribution is 2.35. The van der Waals surface area contributed by atoms with Gasteiger partial charge in [-0.3, -0.25) is 19.8 Å². The maximum atomic E-state index is 13.0. The van der Waals surface area contributed by atoms with Gasteiger partial charge in [0.1, 0.15) is 17.1 Å². The highest BCUT2D eigenvalue weighted by molar-refractivity contribution is 6.09. The number of benzene rings is 2. The van der Waals surface area contributed by atoms with Crippen LogP contribution in [0.2, 0.25) is 0 Å². The molecule has 0 atom stereocenters. The highest BCUT2D eigenvalue weighted by atomic mass is 19.1. The Morgan fingerprint density at radius 2 is 1.64 bits per heavy atom. The van der Waals surface area contributed by atoms with Crippen molar-refractivity contribution in [3.8, 4) is 5.75 Å². The van der Waals surface area contributed by atoms with Gasteiger partial charge < -0.3 is 10.1 Å². The van der Waals surface area contributed by atoms with Gasteiger partial charge >= 0.3 is 6.03 Å². The molecule has 0 radical (unpaired) electrons. The number of ketones is 1. The molecule has 0 unspecified atom stereocenters. The van der Waals surface area contributed by atoms with Crippen LogP contribution in [-0.2, 0) is 9.59 Å². The third-order valence-corrected chi connectivity index (χ3v) is 6.12. The topological polar surface area (TPSA) is 105 Å². The zero-order chi connectivity index (χ0) is 23.6. The van der Waals surface area contributed by atoms with Gasteiger partial charge in [-0.15, -0.1) is 0 Å². The fourth-order valence-corrected chi connectivity index (χ4v) is 4.09. The molecular weight excluding hydrogens is 429 g/mol. The molecule has 8 nitrogen and oxygen atoms in total. The maximum Gasteiger partial charge on any atom is 0.344 e. The van der Waals surface area contributed by atoms with Crippen LogP contribution < -0.4 is 15.5 Å². The summed E-state index contributed by atoms with van der Waals surface area (Å²) < 4.78 is 18.4. The lowest BCUT2D eigenvalue weighted by Crippen LogP contribution is -2.52. The molecule has 1 saturated carbocycles. The van der Waals surface area contributed by atoms with Crippen molar-refractivity contribution in [3.63, 3.8) is 0 Å². The Hall–Kier alpha value is -3.75. The van der Waals surface area contributed by atoms with Gasteiger partial charge in [-0.2, -0.15) is 5.01 Å². The highest BCUT2D eigenvalue weighted by Gasteiger charge is 2.52. The minimum Gasteiger partial charge on any atom is -0.484 e. The molecule has 1 aliphatic carbocycles. The molecule has 2 N–H and O–H groups in total. The van der Waals surface area contributed by atoms with Crippen molar-refractivity contribution in [2.75, 3.05) is 6.61 Å². The first-order valence-electron chi connectivity index (χ1n) is 10.8. The Kier molecular flexibility index (Phi) is 6.13. The molecule has 4 amide bonds. The van der Waals surface area contributed by atoms with E-state index in [1.807, 2.05) is 0 Å². The zero-order valence-electron chi connectivity index (χ0n) is 18.1. The predicted molar refractivity (Wildman–Crippen MR) is 116 cm³/mol. The summed E-state index contributed by atoms with van der Waals surface area (Å²) in [6.07, 6.45) is 2.75. The molecule has 2 aromatic carbocycles. The van der Waals surface area contributed by atoms with Crippen molar-refractivity contribution in [3.05, 3.63) is 65.5 Å². The molecule has 2 aromatic rings. The van der Waals surface area contributed by atoms with Gasteiger partial charge in [0.05, 0.1) is 0 Å². The first-order chi connectivity index (χ1) is 15.8. The molecule has 1 heterocycles. The number of ether oxygens (including phenoxy) is 1. The van der Waals surface area contributed by atoms with Crippen LogP contribution in [0.4, 0.5) is 9.18 Å². The second-order valence-corrected chi connectivity index (χ2v) is 8.52. The lowest BCUT2D eigenvalue weighted by molar-refractivity contribution is -0.140. The number of nitrogens with zero attached hydrogens (tertiary/aromatic N) is 1. The van der Waals surface area contributed by atoms with Crippen molar-refractivity contribution in [1.29, 1.82) is 0 Å². The first kappa shape index (κ1) is 22.4. The van der Waals surface area contributed by atoms with E-state index in [9.17, 15) is 23.6 Å². The van der Waals surface area contributed by atoms with E-state index in [0.29, 0.717) is 35.6 Å². The summed E-state index contributed by atoms with van der Waals surface area (Å²) in [5.74, 6) is -0.984. The molecule has 0 bridgehead atoms. The van der Waals surface area contributed by atoms with E-state index >= 15 is 0 Å². The summed E-state index contributed by atoms with van der Waals surface area (Å²) in [5.41, 5.74) is 2.10. The van der Waals surface area contributed by atoms with Gasteiger partial charge in [-0.1, -0.05) is 6.92 Å². The van der Waals surface area contributed by atoms with Gasteiger partial charge in [0.2, 0.25) is 0 Å². The number of halogens is 1. The number of carbonyl (C=O) groups excluding carboxylic acids is 4. The smallest absolute Gasteiger partial charge is 0.344 e. The normalized spacial score (nSPS) is 22.2. The van der Waals surface area contributed by atoms with Crippen molar-refractivity contribution in [2.24, 2.45) is 5.92 Å². The van der Waals surface area contributed by atoms with Gasteiger partial charge in [-0.25, -0.2) is 9.18 Å².